The second kappa shape index (κ2) is 8.63. The summed E-state index contributed by atoms with van der Waals surface area (Å²) in [5.41, 5.74) is 2.06. The molecule has 2 heterocycles. The summed E-state index contributed by atoms with van der Waals surface area (Å²) in [4.78, 5) is 19.4. The van der Waals surface area contributed by atoms with Crippen molar-refractivity contribution in [3.8, 4) is 11.5 Å². The quantitative estimate of drug-likeness (QED) is 0.447. The highest BCUT2D eigenvalue weighted by atomic mass is 79.9. The molecule has 0 N–H and O–H groups in total. The Kier molecular flexibility index (Phi) is 5.99. The van der Waals surface area contributed by atoms with E-state index in [0.29, 0.717) is 22.4 Å². The SMILES string of the molecule is CSCCSC1=N/C(=C\c2ccc3c(c2)OCO3)C(=O)N1c1ccc(Br)cc1. The van der Waals surface area contributed by atoms with Crippen molar-refractivity contribution in [2.24, 2.45) is 4.99 Å². The minimum Gasteiger partial charge on any atom is -0.454 e. The van der Waals surface area contributed by atoms with Crippen molar-refractivity contribution >= 4 is 62.3 Å². The molecule has 2 aromatic rings. The summed E-state index contributed by atoms with van der Waals surface area (Å²) < 4.78 is 11.7. The first-order chi connectivity index (χ1) is 13.7. The molecule has 0 spiro atoms. The third-order valence-corrected chi connectivity index (χ3v) is 6.47. The maximum atomic E-state index is 13.1. The number of aliphatic imine (C=N–C) groups is 1. The monoisotopic (exact) mass is 476 g/mol. The molecule has 4 rings (SSSR count). The van der Waals surface area contributed by atoms with Gasteiger partial charge in [0.25, 0.3) is 5.91 Å². The van der Waals surface area contributed by atoms with Crippen LogP contribution in [0.25, 0.3) is 6.08 Å². The zero-order chi connectivity index (χ0) is 19.5. The molecule has 0 saturated heterocycles. The number of nitrogens with zero attached hydrogens (tertiary/aromatic N) is 2. The Bertz CT molecular complexity index is 960. The van der Waals surface area contributed by atoms with Gasteiger partial charge in [-0.25, -0.2) is 4.99 Å². The number of carbonyl (C=O) groups excluding carboxylic acids is 1. The van der Waals surface area contributed by atoms with E-state index in [4.69, 9.17) is 9.47 Å². The Morgan fingerprint density at radius 1 is 1.14 bits per heavy atom. The minimum absolute atomic E-state index is 0.133. The van der Waals surface area contributed by atoms with Gasteiger partial charge >= 0.3 is 0 Å². The second-order valence-corrected chi connectivity index (χ2v) is 8.96. The van der Waals surface area contributed by atoms with Crippen LogP contribution in [-0.2, 0) is 4.79 Å². The highest BCUT2D eigenvalue weighted by molar-refractivity contribution is 9.10. The molecule has 0 bridgehead atoms. The zero-order valence-corrected chi connectivity index (χ0v) is 18.3. The molecule has 2 aromatic carbocycles. The van der Waals surface area contributed by atoms with Crippen molar-refractivity contribution in [1.29, 1.82) is 0 Å². The largest absolute Gasteiger partial charge is 0.454 e. The van der Waals surface area contributed by atoms with Crippen LogP contribution in [0.3, 0.4) is 0 Å². The van der Waals surface area contributed by atoms with E-state index < -0.39 is 0 Å². The first-order valence-corrected chi connectivity index (χ1v) is 11.7. The molecular weight excluding hydrogens is 460 g/mol. The highest BCUT2D eigenvalue weighted by Gasteiger charge is 2.32. The maximum absolute atomic E-state index is 13.1. The molecule has 0 saturated carbocycles. The Balaban J connectivity index is 1.65. The van der Waals surface area contributed by atoms with Crippen molar-refractivity contribution in [1.82, 2.24) is 0 Å². The van der Waals surface area contributed by atoms with E-state index in [1.54, 1.807) is 34.5 Å². The molecule has 5 nitrogen and oxygen atoms in total. The van der Waals surface area contributed by atoms with Gasteiger partial charge in [0.2, 0.25) is 6.79 Å². The predicted octanol–water partition coefficient (Wildman–Crippen LogP) is 5.02. The number of ether oxygens (including phenoxy) is 2. The smallest absolute Gasteiger partial charge is 0.283 e. The van der Waals surface area contributed by atoms with Gasteiger partial charge in [-0.05, 0) is 54.3 Å². The predicted molar refractivity (Wildman–Crippen MR) is 120 cm³/mol. The number of benzene rings is 2. The van der Waals surface area contributed by atoms with Gasteiger partial charge in [0.1, 0.15) is 5.70 Å². The van der Waals surface area contributed by atoms with Crippen molar-refractivity contribution < 1.29 is 14.3 Å². The third kappa shape index (κ3) is 4.09. The molecule has 28 heavy (non-hydrogen) atoms. The Morgan fingerprint density at radius 3 is 2.71 bits per heavy atom. The summed E-state index contributed by atoms with van der Waals surface area (Å²) in [7, 11) is 0. The highest BCUT2D eigenvalue weighted by Crippen LogP contribution is 2.34. The van der Waals surface area contributed by atoms with Gasteiger partial charge in [0.15, 0.2) is 16.7 Å². The van der Waals surface area contributed by atoms with Crippen LogP contribution in [0.15, 0.2) is 57.6 Å². The van der Waals surface area contributed by atoms with Crippen LogP contribution >= 0.6 is 39.5 Å². The lowest BCUT2D eigenvalue weighted by Crippen LogP contribution is -2.30. The van der Waals surface area contributed by atoms with Gasteiger partial charge in [-0.1, -0.05) is 33.8 Å². The normalized spacial score (nSPS) is 16.8. The van der Waals surface area contributed by atoms with Crippen LogP contribution in [0.5, 0.6) is 11.5 Å². The number of amides is 1. The Labute approximate surface area is 180 Å². The topological polar surface area (TPSA) is 51.1 Å². The molecule has 0 unspecified atom stereocenters. The molecule has 8 heteroatoms. The fourth-order valence-corrected chi connectivity index (χ4v) is 4.72. The van der Waals surface area contributed by atoms with Crippen molar-refractivity contribution in [2.45, 2.75) is 0 Å². The van der Waals surface area contributed by atoms with Crippen LogP contribution in [0.4, 0.5) is 5.69 Å². The number of hydrogen-bond acceptors (Lipinski definition) is 6. The Hall–Kier alpha value is -1.90. The van der Waals surface area contributed by atoms with Gasteiger partial charge < -0.3 is 9.47 Å². The average molecular weight is 477 g/mol. The molecule has 144 valence electrons. The minimum atomic E-state index is -0.133. The first-order valence-electron chi connectivity index (χ1n) is 8.57. The summed E-state index contributed by atoms with van der Waals surface area (Å²) in [6.45, 7) is 0.222. The number of amidine groups is 1. The van der Waals surface area contributed by atoms with Gasteiger partial charge in [-0.15, -0.1) is 0 Å². The van der Waals surface area contributed by atoms with E-state index in [1.807, 2.05) is 42.5 Å². The fourth-order valence-electron chi connectivity index (χ4n) is 2.79. The van der Waals surface area contributed by atoms with Gasteiger partial charge in [-0.3, -0.25) is 9.69 Å². The van der Waals surface area contributed by atoms with Gasteiger partial charge in [-0.2, -0.15) is 11.8 Å². The number of thioether (sulfide) groups is 2. The maximum Gasteiger partial charge on any atom is 0.283 e. The molecule has 2 aliphatic heterocycles. The number of carbonyl (C=O) groups is 1. The lowest BCUT2D eigenvalue weighted by molar-refractivity contribution is -0.113. The molecule has 0 radical (unpaired) electrons. The van der Waals surface area contributed by atoms with Crippen LogP contribution in [0.1, 0.15) is 5.56 Å². The van der Waals surface area contributed by atoms with E-state index in [9.17, 15) is 4.79 Å². The third-order valence-electron chi connectivity index (χ3n) is 4.13. The standard InChI is InChI=1S/C20H17BrN2O3S2/c1-27-8-9-28-20-22-16(10-13-2-7-17-18(11-13)26-12-25-17)19(24)23(20)15-5-3-14(21)4-6-15/h2-7,10-11H,8-9,12H2,1H3/b16-10-. The van der Waals surface area contributed by atoms with Crippen LogP contribution < -0.4 is 14.4 Å². The number of hydrogen-bond donors (Lipinski definition) is 0. The average Bonchev–Trinajstić information content (AvgIpc) is 3.28. The van der Waals surface area contributed by atoms with E-state index in [2.05, 4.69) is 27.2 Å². The zero-order valence-electron chi connectivity index (χ0n) is 15.1. The number of anilines is 1. The lowest BCUT2D eigenvalue weighted by atomic mass is 10.1. The molecule has 0 atom stereocenters. The molecule has 0 fully saturated rings. The first kappa shape index (κ1) is 19.4. The second-order valence-electron chi connectivity index (χ2n) is 5.99. The summed E-state index contributed by atoms with van der Waals surface area (Å²) in [6.07, 6.45) is 3.86. The van der Waals surface area contributed by atoms with Gasteiger partial charge in [0, 0.05) is 16.0 Å². The fraction of sp³-hybridized carbons (Fsp3) is 0.200. The number of fused-ring (bicyclic) bond motifs is 1. The van der Waals surface area contributed by atoms with E-state index in [1.165, 1.54) is 0 Å². The summed E-state index contributed by atoms with van der Waals surface area (Å²) in [5, 5.41) is 0.702. The van der Waals surface area contributed by atoms with Gasteiger partial charge in [0.05, 0.1) is 5.69 Å². The summed E-state index contributed by atoms with van der Waals surface area (Å²) >= 11 is 6.81. The molecule has 2 aliphatic rings. The van der Waals surface area contributed by atoms with Crippen LogP contribution in [0.2, 0.25) is 0 Å². The summed E-state index contributed by atoms with van der Waals surface area (Å²) in [5.74, 6) is 3.15. The molecule has 0 aliphatic carbocycles. The number of rotatable bonds is 5. The van der Waals surface area contributed by atoms with Crippen molar-refractivity contribution in [3.05, 3.63) is 58.2 Å². The lowest BCUT2D eigenvalue weighted by Gasteiger charge is -2.17. The Morgan fingerprint density at radius 2 is 1.93 bits per heavy atom. The molecular formula is C20H17BrN2O3S2. The van der Waals surface area contributed by atoms with Crippen molar-refractivity contribution in [2.75, 3.05) is 29.5 Å². The van der Waals surface area contributed by atoms with E-state index in [-0.39, 0.29) is 12.7 Å². The molecule has 0 aromatic heterocycles. The molecule has 1 amide bonds. The van der Waals surface area contributed by atoms with E-state index in [0.717, 1.165) is 27.2 Å². The van der Waals surface area contributed by atoms with Crippen LogP contribution in [-0.4, -0.2) is 35.6 Å². The van der Waals surface area contributed by atoms with Crippen molar-refractivity contribution in [3.63, 3.8) is 0 Å². The van der Waals surface area contributed by atoms with Crippen LogP contribution in [0, 0.1) is 0 Å². The van der Waals surface area contributed by atoms with E-state index >= 15 is 0 Å². The summed E-state index contributed by atoms with van der Waals surface area (Å²) in [6, 6.07) is 13.3. The number of halogens is 1.